The van der Waals surface area contributed by atoms with Crippen LogP contribution in [0.2, 0.25) is 0 Å². The van der Waals surface area contributed by atoms with Gasteiger partial charge in [0.15, 0.2) is 0 Å². The van der Waals surface area contributed by atoms with E-state index in [1.165, 1.54) is 60.5 Å². The number of amides is 4. The van der Waals surface area contributed by atoms with Gasteiger partial charge in [-0.25, -0.2) is 0 Å². The van der Waals surface area contributed by atoms with E-state index in [-0.39, 0.29) is 76.0 Å². The Kier molecular flexibility index (Phi) is 27.8. The molecule has 0 spiro atoms. The Morgan fingerprint density at radius 3 is 1.13 bits per heavy atom. The number of ether oxygens (including phenoxy) is 2. The van der Waals surface area contributed by atoms with Crippen molar-refractivity contribution in [3.8, 4) is 23.0 Å². The summed E-state index contributed by atoms with van der Waals surface area (Å²) >= 11 is 5.15. The first-order chi connectivity index (χ1) is 37.4. The van der Waals surface area contributed by atoms with Crippen molar-refractivity contribution in [1.82, 2.24) is 0 Å². The van der Waals surface area contributed by atoms with Gasteiger partial charge < -0.3 is 19.7 Å². The highest BCUT2D eigenvalue weighted by atomic mass is 35.5. The number of unbranched alkanes of at least 4 members (excludes halogenated alkanes) is 12. The van der Waals surface area contributed by atoms with Gasteiger partial charge in [-0.2, -0.15) is 0 Å². The van der Waals surface area contributed by atoms with Gasteiger partial charge in [-0.1, -0.05) is 150 Å². The van der Waals surface area contributed by atoms with Crippen LogP contribution in [0, 0.1) is 23.7 Å². The quantitative estimate of drug-likeness (QED) is 0.0181. The number of phenolic OH excluding ortho intramolecular Hbond substituents is 2. The largest absolute Gasteiger partial charge is 0.508 e. The number of anilines is 2. The molecule has 4 aromatic rings. The van der Waals surface area contributed by atoms with Crippen molar-refractivity contribution in [3.63, 3.8) is 0 Å². The minimum atomic E-state index is -0.447. The Morgan fingerprint density at radius 1 is 0.462 bits per heavy atom. The van der Waals surface area contributed by atoms with E-state index in [2.05, 4.69) is 20.8 Å². The summed E-state index contributed by atoms with van der Waals surface area (Å²) in [7, 11) is 0. The Labute approximate surface area is 468 Å². The van der Waals surface area contributed by atoms with E-state index in [9.17, 15) is 43.8 Å². The Balaban J connectivity index is 0.000000312. The number of carbonyl (C=O) groups excluding carboxylic acids is 7. The molecule has 424 valence electrons. The molecule has 2 aliphatic heterocycles. The Hall–Kier alpha value is -6.34. The highest BCUT2D eigenvalue weighted by molar-refractivity contribution is 6.63. The van der Waals surface area contributed by atoms with E-state index in [1.54, 1.807) is 74.5 Å². The number of hydrogen-bond donors (Lipinski definition) is 2. The molecule has 14 heteroatoms. The summed E-state index contributed by atoms with van der Waals surface area (Å²) in [5, 5.41) is 18.6. The van der Waals surface area contributed by atoms with Gasteiger partial charge in [-0.15, -0.1) is 0 Å². The molecule has 78 heavy (non-hydrogen) atoms. The summed E-state index contributed by atoms with van der Waals surface area (Å²) < 4.78 is 10.9. The number of benzene rings is 4. The predicted octanol–water partition coefficient (Wildman–Crippen LogP) is 15.1. The lowest BCUT2D eigenvalue weighted by Crippen LogP contribution is -2.30. The molecule has 2 heterocycles. The minimum absolute atomic E-state index is 0.0243. The third-order valence-electron chi connectivity index (χ3n) is 14.7. The maximum atomic E-state index is 13.4. The lowest BCUT2D eigenvalue weighted by molar-refractivity contribution is -0.135. The van der Waals surface area contributed by atoms with E-state index in [0.717, 1.165) is 68.9 Å². The third kappa shape index (κ3) is 20.5. The highest BCUT2D eigenvalue weighted by Gasteiger charge is 2.47. The number of phenols is 2. The molecule has 0 radical (unpaired) electrons. The molecule has 6 atom stereocenters. The maximum absolute atomic E-state index is 13.4. The molecular weight excluding hydrogens is 1010 g/mol. The van der Waals surface area contributed by atoms with Crippen molar-refractivity contribution < 1.29 is 53.2 Å². The molecule has 0 aliphatic carbocycles. The third-order valence-corrected chi connectivity index (χ3v) is 14.9. The van der Waals surface area contributed by atoms with Crippen LogP contribution in [0.1, 0.15) is 200 Å². The van der Waals surface area contributed by atoms with Crippen LogP contribution in [0.4, 0.5) is 11.4 Å². The van der Waals surface area contributed by atoms with Gasteiger partial charge in [0.1, 0.15) is 23.0 Å². The van der Waals surface area contributed by atoms with Gasteiger partial charge in [-0.05, 0) is 139 Å². The molecule has 4 aromatic carbocycles. The molecule has 13 nitrogen and oxygen atoms in total. The minimum Gasteiger partial charge on any atom is -0.508 e. The molecule has 2 fully saturated rings. The summed E-state index contributed by atoms with van der Waals surface area (Å²) in [5.74, 6) is -1.68. The summed E-state index contributed by atoms with van der Waals surface area (Å²) in [6.07, 6.45) is 18.9. The van der Waals surface area contributed by atoms with E-state index in [1.807, 2.05) is 38.1 Å². The van der Waals surface area contributed by atoms with Crippen molar-refractivity contribution in [3.05, 3.63) is 108 Å². The van der Waals surface area contributed by atoms with Crippen LogP contribution in [-0.4, -0.2) is 51.0 Å². The van der Waals surface area contributed by atoms with Crippen LogP contribution in [0.5, 0.6) is 23.0 Å². The fourth-order valence-corrected chi connectivity index (χ4v) is 9.92. The van der Waals surface area contributed by atoms with Crippen molar-refractivity contribution in [2.24, 2.45) is 23.7 Å². The zero-order valence-electron chi connectivity index (χ0n) is 47.2. The highest BCUT2D eigenvalue weighted by Crippen LogP contribution is 2.39. The van der Waals surface area contributed by atoms with Gasteiger partial charge in [0.25, 0.3) is 0 Å². The Bertz CT molecular complexity index is 2510. The molecule has 0 bridgehead atoms. The van der Waals surface area contributed by atoms with Gasteiger partial charge >= 0.3 is 11.9 Å². The van der Waals surface area contributed by atoms with Crippen molar-refractivity contribution in [2.45, 2.75) is 189 Å². The van der Waals surface area contributed by atoms with E-state index in [4.69, 9.17) is 21.1 Å². The topological polar surface area (TPSA) is 185 Å². The molecule has 6 unspecified atom stereocenters. The second kappa shape index (κ2) is 33.8. The van der Waals surface area contributed by atoms with E-state index in [0.29, 0.717) is 55.0 Å². The average molecular weight is 1090 g/mol. The van der Waals surface area contributed by atoms with Gasteiger partial charge in [-0.3, -0.25) is 43.4 Å². The van der Waals surface area contributed by atoms with Crippen LogP contribution >= 0.6 is 11.6 Å². The number of carbonyl (C=O) groups is 7. The number of aromatic hydroxyl groups is 2. The molecule has 2 saturated heterocycles. The molecule has 0 saturated carbocycles. The maximum Gasteiger partial charge on any atom is 0.311 e. The second-order valence-electron chi connectivity index (χ2n) is 21.1. The van der Waals surface area contributed by atoms with Crippen LogP contribution in [-0.2, 0) is 33.6 Å². The van der Waals surface area contributed by atoms with Crippen LogP contribution < -0.4 is 19.3 Å². The number of halogens is 1. The summed E-state index contributed by atoms with van der Waals surface area (Å²) in [6, 6.07) is 27.0. The first-order valence-electron chi connectivity index (χ1n) is 28.5. The first kappa shape index (κ1) is 64.2. The average Bonchev–Trinajstić information content (AvgIpc) is 3.84. The molecule has 6 rings (SSSR count). The van der Waals surface area contributed by atoms with Gasteiger partial charge in [0, 0.05) is 31.1 Å². The standard InChI is InChI=1S/C36H49NO6.C20H21NO4.C8H15ClO/c1-5-7-9-11-13-15-33(38)42-30-21-17-28(18-22-30)26(3)25-32-27(4)35(40)37(36(32)41)29-19-23-31(24-20-29)43-34(39)16-14-12-10-8-6-2;1-12(14-3-7-16(22)8-4-14)11-18-13(2)19(24)21(20(18)25)15-5-9-17(23)10-6-15;1-2-3-4-5-6-7-8(9)10/h17-24,26-27,32H,5-16,25H2,1-4H3;3-10,12-13,18,22-23H,11H2,1-2H3;2-7H2,1H3. The van der Waals surface area contributed by atoms with Gasteiger partial charge in [0.2, 0.25) is 28.9 Å². The monoisotopic (exact) mass is 1090 g/mol. The zero-order chi connectivity index (χ0) is 57.1. The molecule has 4 amide bonds. The number of nitrogens with zero attached hydrogens (tertiary/aromatic N) is 2. The molecule has 2 N–H and O–H groups in total. The molecular formula is C64H85ClN2O11. The van der Waals surface area contributed by atoms with Crippen molar-refractivity contribution >= 4 is 63.8 Å². The summed E-state index contributed by atoms with van der Waals surface area (Å²) in [4.78, 5) is 89.0. The molecule has 2 aliphatic rings. The zero-order valence-corrected chi connectivity index (χ0v) is 47.9. The number of imide groups is 2. The van der Waals surface area contributed by atoms with E-state index < -0.39 is 11.8 Å². The van der Waals surface area contributed by atoms with Crippen molar-refractivity contribution in [2.75, 3.05) is 9.80 Å². The lowest BCUT2D eigenvalue weighted by Gasteiger charge is -2.19. The smallest absolute Gasteiger partial charge is 0.311 e. The second-order valence-corrected chi connectivity index (χ2v) is 21.5. The first-order valence-corrected chi connectivity index (χ1v) is 28.9. The van der Waals surface area contributed by atoms with Crippen LogP contribution in [0.25, 0.3) is 0 Å². The fraction of sp³-hybridized carbons (Fsp3) is 0.516. The Morgan fingerprint density at radius 2 is 0.769 bits per heavy atom. The number of hydrogen-bond acceptors (Lipinski definition) is 11. The van der Waals surface area contributed by atoms with Gasteiger partial charge in [0.05, 0.1) is 23.2 Å². The SMILES string of the molecule is CC(CC1C(=O)N(c2ccc(O)cc2)C(=O)C1C)c1ccc(O)cc1.CCCCCCCC(=O)Cl.CCCCCCCC(=O)Oc1ccc(C(C)CC2C(=O)N(c3ccc(OC(=O)CCCCCCC)cc3)C(=O)C2C)cc1. The fourth-order valence-electron chi connectivity index (χ4n) is 9.79. The lowest BCUT2D eigenvalue weighted by atomic mass is 9.85. The summed E-state index contributed by atoms with van der Waals surface area (Å²) in [5.41, 5.74) is 3.00. The van der Waals surface area contributed by atoms with Crippen LogP contribution in [0.15, 0.2) is 97.1 Å². The molecule has 0 aromatic heterocycles. The van der Waals surface area contributed by atoms with Crippen molar-refractivity contribution in [1.29, 1.82) is 0 Å². The van der Waals surface area contributed by atoms with Crippen LogP contribution in [0.3, 0.4) is 0 Å². The van der Waals surface area contributed by atoms with E-state index >= 15 is 0 Å². The predicted molar refractivity (Wildman–Crippen MR) is 308 cm³/mol. The number of esters is 2. The summed E-state index contributed by atoms with van der Waals surface area (Å²) in [6.45, 7) is 14.1. The number of rotatable bonds is 28. The normalized spacial score (nSPS) is 17.7.